The highest BCUT2D eigenvalue weighted by atomic mass is 16.1. The molecule has 0 aromatic carbocycles. The SMILES string of the molecule is CN=C(NCCC(=O)NC1CCCC1)NC1CC=CC1. The van der Waals surface area contributed by atoms with Gasteiger partial charge in [0.25, 0.3) is 0 Å². The molecule has 2 aliphatic rings. The minimum Gasteiger partial charge on any atom is -0.356 e. The zero-order valence-electron chi connectivity index (χ0n) is 12.3. The van der Waals surface area contributed by atoms with E-state index in [4.69, 9.17) is 0 Å². The highest BCUT2D eigenvalue weighted by molar-refractivity contribution is 5.81. The van der Waals surface area contributed by atoms with Crippen molar-refractivity contribution in [2.45, 2.75) is 57.0 Å². The molecular weight excluding hydrogens is 252 g/mol. The lowest BCUT2D eigenvalue weighted by Crippen LogP contribution is -2.44. The summed E-state index contributed by atoms with van der Waals surface area (Å²) in [6.07, 6.45) is 11.7. The molecule has 1 fully saturated rings. The highest BCUT2D eigenvalue weighted by Gasteiger charge is 2.17. The van der Waals surface area contributed by atoms with Crippen LogP contribution < -0.4 is 16.0 Å². The quantitative estimate of drug-likeness (QED) is 0.404. The molecule has 0 unspecified atom stereocenters. The summed E-state index contributed by atoms with van der Waals surface area (Å²) in [6, 6.07) is 0.845. The molecule has 0 spiro atoms. The zero-order chi connectivity index (χ0) is 14.2. The Kier molecular flexibility index (Phi) is 5.89. The van der Waals surface area contributed by atoms with Gasteiger partial charge in [-0.3, -0.25) is 9.79 Å². The third-order valence-corrected chi connectivity index (χ3v) is 3.94. The molecule has 1 amide bonds. The minimum absolute atomic E-state index is 0.141. The number of hydrogen-bond acceptors (Lipinski definition) is 2. The Morgan fingerprint density at radius 1 is 1.15 bits per heavy atom. The molecule has 1 saturated carbocycles. The Hall–Kier alpha value is -1.52. The summed E-state index contributed by atoms with van der Waals surface area (Å²) >= 11 is 0. The van der Waals surface area contributed by atoms with Gasteiger partial charge in [-0.15, -0.1) is 0 Å². The summed E-state index contributed by atoms with van der Waals surface area (Å²) in [5, 5.41) is 9.65. The number of guanidine groups is 1. The van der Waals surface area contributed by atoms with E-state index >= 15 is 0 Å². The Morgan fingerprint density at radius 3 is 2.50 bits per heavy atom. The van der Waals surface area contributed by atoms with Crippen LogP contribution in [-0.4, -0.2) is 37.5 Å². The summed E-state index contributed by atoms with van der Waals surface area (Å²) < 4.78 is 0. The molecule has 0 atom stereocenters. The lowest BCUT2D eigenvalue weighted by Gasteiger charge is -2.17. The molecule has 0 bridgehead atoms. The Balaban J connectivity index is 1.59. The number of hydrogen-bond donors (Lipinski definition) is 3. The van der Waals surface area contributed by atoms with Crippen LogP contribution in [0.1, 0.15) is 44.9 Å². The van der Waals surface area contributed by atoms with Gasteiger partial charge in [0, 0.05) is 32.1 Å². The number of amides is 1. The first-order chi connectivity index (χ1) is 9.78. The van der Waals surface area contributed by atoms with Crippen LogP contribution in [0.25, 0.3) is 0 Å². The van der Waals surface area contributed by atoms with Crippen LogP contribution in [0.3, 0.4) is 0 Å². The first kappa shape index (κ1) is 14.9. The topological polar surface area (TPSA) is 65.5 Å². The van der Waals surface area contributed by atoms with E-state index in [-0.39, 0.29) is 5.91 Å². The average molecular weight is 278 g/mol. The Bertz CT molecular complexity index is 364. The fourth-order valence-electron chi connectivity index (χ4n) is 2.79. The third kappa shape index (κ3) is 4.87. The summed E-state index contributed by atoms with van der Waals surface area (Å²) in [5.41, 5.74) is 0. The van der Waals surface area contributed by atoms with Gasteiger partial charge in [-0.2, -0.15) is 0 Å². The molecule has 20 heavy (non-hydrogen) atoms. The van der Waals surface area contributed by atoms with Crippen molar-refractivity contribution in [1.82, 2.24) is 16.0 Å². The molecule has 0 radical (unpaired) electrons. The number of nitrogens with one attached hydrogen (secondary N) is 3. The summed E-state index contributed by atoms with van der Waals surface area (Å²) in [4.78, 5) is 16.0. The minimum atomic E-state index is 0.141. The van der Waals surface area contributed by atoms with Crippen molar-refractivity contribution in [1.29, 1.82) is 0 Å². The lowest BCUT2D eigenvalue weighted by atomic mass is 10.2. The van der Waals surface area contributed by atoms with E-state index in [2.05, 4.69) is 33.1 Å². The fourth-order valence-corrected chi connectivity index (χ4v) is 2.79. The molecule has 5 heteroatoms. The van der Waals surface area contributed by atoms with E-state index < -0.39 is 0 Å². The van der Waals surface area contributed by atoms with Crippen LogP contribution in [0.2, 0.25) is 0 Å². The van der Waals surface area contributed by atoms with E-state index in [0.29, 0.717) is 25.0 Å². The molecule has 5 nitrogen and oxygen atoms in total. The van der Waals surface area contributed by atoms with Crippen molar-refractivity contribution < 1.29 is 4.79 Å². The van der Waals surface area contributed by atoms with Gasteiger partial charge in [-0.25, -0.2) is 0 Å². The maximum Gasteiger partial charge on any atom is 0.221 e. The zero-order valence-corrected chi connectivity index (χ0v) is 12.3. The van der Waals surface area contributed by atoms with Crippen molar-refractivity contribution in [3.05, 3.63) is 12.2 Å². The normalized spacial score (nSPS) is 20.4. The van der Waals surface area contributed by atoms with Gasteiger partial charge in [0.1, 0.15) is 0 Å². The molecule has 2 rings (SSSR count). The summed E-state index contributed by atoms with van der Waals surface area (Å²) in [7, 11) is 1.76. The third-order valence-electron chi connectivity index (χ3n) is 3.94. The molecule has 0 aromatic rings. The van der Waals surface area contributed by atoms with Crippen LogP contribution in [0, 0.1) is 0 Å². The van der Waals surface area contributed by atoms with Gasteiger partial charge in [0.05, 0.1) is 0 Å². The second-order valence-electron chi connectivity index (χ2n) is 5.58. The van der Waals surface area contributed by atoms with E-state index in [9.17, 15) is 4.79 Å². The molecule has 2 aliphatic carbocycles. The fraction of sp³-hybridized carbons (Fsp3) is 0.733. The lowest BCUT2D eigenvalue weighted by molar-refractivity contribution is -0.121. The predicted molar refractivity (Wildman–Crippen MR) is 81.7 cm³/mol. The van der Waals surface area contributed by atoms with Crippen LogP contribution in [0.5, 0.6) is 0 Å². The largest absolute Gasteiger partial charge is 0.356 e. The second kappa shape index (κ2) is 7.92. The number of carbonyl (C=O) groups excluding carboxylic acids is 1. The Morgan fingerprint density at radius 2 is 1.85 bits per heavy atom. The smallest absolute Gasteiger partial charge is 0.221 e. The standard InChI is InChI=1S/C15H26N4O/c1-16-15(19-13-8-4-5-9-13)17-11-10-14(20)18-12-6-2-3-7-12/h4-5,12-13H,2-3,6-11H2,1H3,(H,18,20)(H2,16,17,19). The number of aliphatic imine (C=N–C) groups is 1. The van der Waals surface area contributed by atoms with Crippen molar-refractivity contribution in [3.8, 4) is 0 Å². The van der Waals surface area contributed by atoms with Crippen LogP contribution in [0.4, 0.5) is 0 Å². The van der Waals surface area contributed by atoms with Gasteiger partial charge in [-0.1, -0.05) is 25.0 Å². The van der Waals surface area contributed by atoms with E-state index in [0.717, 1.165) is 31.6 Å². The van der Waals surface area contributed by atoms with Gasteiger partial charge >= 0.3 is 0 Å². The van der Waals surface area contributed by atoms with Gasteiger partial charge in [0.15, 0.2) is 5.96 Å². The molecule has 3 N–H and O–H groups in total. The average Bonchev–Trinajstić information content (AvgIpc) is 3.10. The summed E-state index contributed by atoms with van der Waals surface area (Å²) in [6.45, 7) is 0.623. The monoisotopic (exact) mass is 278 g/mol. The van der Waals surface area contributed by atoms with Crippen molar-refractivity contribution in [2.24, 2.45) is 4.99 Å². The number of nitrogens with zero attached hydrogens (tertiary/aromatic N) is 1. The number of carbonyl (C=O) groups is 1. The van der Waals surface area contributed by atoms with Crippen molar-refractivity contribution >= 4 is 11.9 Å². The predicted octanol–water partition coefficient (Wildman–Crippen LogP) is 1.32. The van der Waals surface area contributed by atoms with Crippen LogP contribution >= 0.6 is 0 Å². The van der Waals surface area contributed by atoms with Crippen molar-refractivity contribution in [2.75, 3.05) is 13.6 Å². The highest BCUT2D eigenvalue weighted by Crippen LogP contribution is 2.17. The first-order valence-corrected chi connectivity index (χ1v) is 7.69. The number of rotatable bonds is 5. The summed E-state index contributed by atoms with van der Waals surface area (Å²) in [5.74, 6) is 0.926. The molecule has 0 aliphatic heterocycles. The van der Waals surface area contributed by atoms with Gasteiger partial charge in [-0.05, 0) is 25.7 Å². The molecular formula is C15H26N4O. The maximum absolute atomic E-state index is 11.8. The van der Waals surface area contributed by atoms with E-state index in [1.807, 2.05) is 0 Å². The van der Waals surface area contributed by atoms with Crippen molar-refractivity contribution in [3.63, 3.8) is 0 Å². The molecule has 0 heterocycles. The molecule has 0 aromatic heterocycles. The first-order valence-electron chi connectivity index (χ1n) is 7.69. The van der Waals surface area contributed by atoms with Gasteiger partial charge < -0.3 is 16.0 Å². The second-order valence-corrected chi connectivity index (χ2v) is 5.58. The Labute approximate surface area is 121 Å². The van der Waals surface area contributed by atoms with Gasteiger partial charge in [0.2, 0.25) is 5.91 Å². The molecule has 0 saturated heterocycles. The maximum atomic E-state index is 11.8. The van der Waals surface area contributed by atoms with Crippen LogP contribution in [-0.2, 0) is 4.79 Å². The van der Waals surface area contributed by atoms with Crippen LogP contribution in [0.15, 0.2) is 17.1 Å². The van der Waals surface area contributed by atoms with E-state index in [1.165, 1.54) is 12.8 Å². The molecule has 112 valence electrons. The van der Waals surface area contributed by atoms with E-state index in [1.54, 1.807) is 7.05 Å².